The Morgan fingerprint density at radius 2 is 1.04 bits per heavy atom. The van der Waals surface area contributed by atoms with Crippen LogP contribution in [0.5, 0.6) is 0 Å². The van der Waals surface area contributed by atoms with E-state index in [1.807, 2.05) is 14.2 Å². The van der Waals surface area contributed by atoms with Crippen LogP contribution in [0.4, 0.5) is 0 Å². The van der Waals surface area contributed by atoms with Crippen LogP contribution in [-0.4, -0.2) is 25.9 Å². The maximum absolute atomic E-state index is 6.04. The van der Waals surface area contributed by atoms with E-state index in [4.69, 9.17) is 21.1 Å². The van der Waals surface area contributed by atoms with Crippen LogP contribution in [0.15, 0.2) is 0 Å². The molecule has 0 aliphatic carbocycles. The van der Waals surface area contributed by atoms with Gasteiger partial charge >= 0.3 is 0 Å². The average molecular weight is 419 g/mol. The molecule has 0 N–H and O–H groups in total. The molecule has 1 unspecified atom stereocenters. The van der Waals surface area contributed by atoms with Gasteiger partial charge in [-0.3, -0.25) is 0 Å². The zero-order chi connectivity index (χ0) is 20.9. The predicted molar refractivity (Wildman–Crippen MR) is 125 cm³/mol. The fourth-order valence-corrected chi connectivity index (χ4v) is 4.56. The Bertz CT molecular complexity index is 305. The van der Waals surface area contributed by atoms with Crippen molar-refractivity contribution >= 4 is 11.6 Å². The number of halogens is 1. The summed E-state index contributed by atoms with van der Waals surface area (Å²) in [6.45, 7) is 4.56. The Balaban J connectivity index is 4.40. The van der Waals surface area contributed by atoms with E-state index in [1.165, 1.54) is 96.3 Å². The summed E-state index contributed by atoms with van der Waals surface area (Å²) < 4.78 is 12.1. The van der Waals surface area contributed by atoms with Crippen molar-refractivity contribution in [2.75, 3.05) is 20.1 Å². The summed E-state index contributed by atoms with van der Waals surface area (Å²) in [6, 6.07) is 0. The van der Waals surface area contributed by atoms with Gasteiger partial charge in [-0.1, -0.05) is 97.3 Å². The second-order valence-corrected chi connectivity index (χ2v) is 8.91. The van der Waals surface area contributed by atoms with E-state index in [0.717, 1.165) is 25.1 Å². The molecule has 0 rings (SSSR count). The van der Waals surface area contributed by atoms with E-state index < -0.39 is 5.79 Å². The number of alkyl halides is 1. The maximum Gasteiger partial charge on any atom is 0.170 e. The quantitative estimate of drug-likeness (QED) is 0.0991. The standard InChI is InChI=1S/C25H51ClO2/c1-5-7-9-11-13-14-16-18-22-25(27-3,28-4)24(21-19-23-26)20-17-15-12-10-8-6-2/h24H,5-23H2,1-4H3. The van der Waals surface area contributed by atoms with E-state index in [9.17, 15) is 0 Å². The molecule has 0 heterocycles. The minimum Gasteiger partial charge on any atom is -0.353 e. The Morgan fingerprint density at radius 1 is 0.607 bits per heavy atom. The first-order chi connectivity index (χ1) is 13.7. The van der Waals surface area contributed by atoms with Crippen molar-refractivity contribution in [3.63, 3.8) is 0 Å². The molecular weight excluding hydrogens is 368 g/mol. The number of ether oxygens (including phenoxy) is 2. The third-order valence-corrected chi connectivity index (χ3v) is 6.55. The summed E-state index contributed by atoms with van der Waals surface area (Å²) in [5, 5.41) is 0. The topological polar surface area (TPSA) is 18.5 Å². The largest absolute Gasteiger partial charge is 0.353 e. The van der Waals surface area contributed by atoms with Crippen LogP contribution in [0.25, 0.3) is 0 Å². The molecule has 0 aromatic heterocycles. The van der Waals surface area contributed by atoms with Gasteiger partial charge in [-0.05, 0) is 25.7 Å². The Hall–Kier alpha value is 0.210. The van der Waals surface area contributed by atoms with Crippen molar-refractivity contribution in [1.29, 1.82) is 0 Å². The third kappa shape index (κ3) is 13.4. The first-order valence-corrected chi connectivity index (χ1v) is 12.9. The molecule has 0 aliphatic heterocycles. The number of hydrogen-bond donors (Lipinski definition) is 0. The molecule has 0 aromatic rings. The number of unbranched alkanes of at least 4 members (excludes halogenated alkanes) is 12. The second-order valence-electron chi connectivity index (χ2n) is 8.53. The lowest BCUT2D eigenvalue weighted by molar-refractivity contribution is -0.247. The Morgan fingerprint density at radius 3 is 1.50 bits per heavy atom. The van der Waals surface area contributed by atoms with Crippen molar-refractivity contribution in [2.24, 2.45) is 5.92 Å². The van der Waals surface area contributed by atoms with Crippen molar-refractivity contribution in [3.05, 3.63) is 0 Å². The lowest BCUT2D eigenvalue weighted by Gasteiger charge is -2.39. The summed E-state index contributed by atoms with van der Waals surface area (Å²) in [4.78, 5) is 0. The lowest BCUT2D eigenvalue weighted by Crippen LogP contribution is -2.42. The number of hydrogen-bond acceptors (Lipinski definition) is 2. The van der Waals surface area contributed by atoms with Crippen molar-refractivity contribution in [3.8, 4) is 0 Å². The zero-order valence-corrected chi connectivity index (χ0v) is 20.5. The van der Waals surface area contributed by atoms with Crippen LogP contribution in [0.1, 0.15) is 129 Å². The van der Waals surface area contributed by atoms with Gasteiger partial charge in [-0.2, -0.15) is 0 Å². The molecule has 0 fully saturated rings. The molecule has 2 nitrogen and oxygen atoms in total. The maximum atomic E-state index is 6.04. The van der Waals surface area contributed by atoms with Gasteiger partial charge < -0.3 is 9.47 Å². The summed E-state index contributed by atoms with van der Waals surface area (Å²) in [5.41, 5.74) is 0. The predicted octanol–water partition coefficient (Wildman–Crippen LogP) is 8.89. The lowest BCUT2D eigenvalue weighted by atomic mass is 9.84. The second kappa shape index (κ2) is 20.5. The van der Waals surface area contributed by atoms with Gasteiger partial charge in [0.2, 0.25) is 0 Å². The van der Waals surface area contributed by atoms with Gasteiger partial charge in [-0.25, -0.2) is 0 Å². The van der Waals surface area contributed by atoms with Crippen LogP contribution in [0.3, 0.4) is 0 Å². The van der Waals surface area contributed by atoms with Gasteiger partial charge in [0, 0.05) is 32.4 Å². The van der Waals surface area contributed by atoms with Crippen molar-refractivity contribution in [2.45, 2.75) is 135 Å². The first-order valence-electron chi connectivity index (χ1n) is 12.4. The summed E-state index contributed by atoms with van der Waals surface area (Å²) in [5.74, 6) is 0.767. The highest BCUT2D eigenvalue weighted by molar-refractivity contribution is 6.17. The SMILES string of the molecule is CCCCCCCCCCC(OC)(OC)C(CCCCl)CCCCCCCC. The summed E-state index contributed by atoms with van der Waals surface area (Å²) in [6.07, 6.45) is 23.1. The highest BCUT2D eigenvalue weighted by atomic mass is 35.5. The van der Waals surface area contributed by atoms with E-state index in [1.54, 1.807) is 0 Å². The van der Waals surface area contributed by atoms with E-state index in [-0.39, 0.29) is 0 Å². The van der Waals surface area contributed by atoms with Crippen LogP contribution in [0, 0.1) is 5.92 Å². The molecule has 0 aromatic carbocycles. The minimum absolute atomic E-state index is 0.419. The van der Waals surface area contributed by atoms with E-state index in [0.29, 0.717) is 5.92 Å². The zero-order valence-electron chi connectivity index (χ0n) is 19.7. The number of rotatable bonds is 22. The molecule has 1 atom stereocenters. The Kier molecular flexibility index (Phi) is 20.6. The number of methoxy groups -OCH3 is 2. The smallest absolute Gasteiger partial charge is 0.170 e. The van der Waals surface area contributed by atoms with E-state index in [2.05, 4.69) is 13.8 Å². The normalized spacial score (nSPS) is 13.2. The molecule has 0 spiro atoms. The molecule has 0 bridgehead atoms. The molecule has 0 aliphatic rings. The van der Waals surface area contributed by atoms with Gasteiger partial charge in [0.15, 0.2) is 5.79 Å². The van der Waals surface area contributed by atoms with Crippen LogP contribution in [-0.2, 0) is 9.47 Å². The van der Waals surface area contributed by atoms with E-state index >= 15 is 0 Å². The van der Waals surface area contributed by atoms with Gasteiger partial charge in [0.25, 0.3) is 0 Å². The highest BCUT2D eigenvalue weighted by Crippen LogP contribution is 2.36. The fourth-order valence-electron chi connectivity index (χ4n) is 4.41. The van der Waals surface area contributed by atoms with Crippen LogP contribution in [0.2, 0.25) is 0 Å². The molecule has 0 amide bonds. The summed E-state index contributed by atoms with van der Waals surface area (Å²) in [7, 11) is 3.67. The molecule has 0 saturated heterocycles. The van der Waals surface area contributed by atoms with Crippen LogP contribution >= 0.6 is 11.6 Å². The van der Waals surface area contributed by atoms with Gasteiger partial charge in [-0.15, -0.1) is 11.6 Å². The van der Waals surface area contributed by atoms with Crippen molar-refractivity contribution < 1.29 is 9.47 Å². The molecule has 0 saturated carbocycles. The first kappa shape index (κ1) is 28.2. The summed E-state index contributed by atoms with van der Waals surface area (Å²) >= 11 is 6.02. The minimum atomic E-state index is -0.419. The molecule has 28 heavy (non-hydrogen) atoms. The molecule has 3 heteroatoms. The van der Waals surface area contributed by atoms with Crippen LogP contribution < -0.4 is 0 Å². The third-order valence-electron chi connectivity index (χ3n) is 6.28. The Labute approximate surface area is 182 Å². The molecule has 170 valence electrons. The van der Waals surface area contributed by atoms with Gasteiger partial charge in [0.05, 0.1) is 0 Å². The average Bonchev–Trinajstić information content (AvgIpc) is 2.72. The fraction of sp³-hybridized carbons (Fsp3) is 1.00. The molecule has 0 radical (unpaired) electrons. The molecular formula is C25H51ClO2. The highest BCUT2D eigenvalue weighted by Gasteiger charge is 2.37. The van der Waals surface area contributed by atoms with Crippen molar-refractivity contribution in [1.82, 2.24) is 0 Å². The monoisotopic (exact) mass is 418 g/mol. The van der Waals surface area contributed by atoms with Gasteiger partial charge in [0.1, 0.15) is 0 Å².